The highest BCUT2D eigenvalue weighted by Gasteiger charge is 2.34. The van der Waals surface area contributed by atoms with Crippen molar-refractivity contribution in [3.8, 4) is 0 Å². The van der Waals surface area contributed by atoms with Crippen molar-refractivity contribution in [3.05, 3.63) is 46.5 Å². The van der Waals surface area contributed by atoms with Gasteiger partial charge in [-0.05, 0) is 66.8 Å². The second kappa shape index (κ2) is 8.40. The van der Waals surface area contributed by atoms with E-state index in [1.54, 1.807) is 17.6 Å². The summed E-state index contributed by atoms with van der Waals surface area (Å²) in [6.07, 6.45) is 8.68. The molecule has 4 nitrogen and oxygen atoms in total. The number of hydrogen-bond acceptors (Lipinski definition) is 4. The minimum absolute atomic E-state index is 0.123. The maximum atomic E-state index is 13.4. The second-order valence-corrected chi connectivity index (χ2v) is 8.47. The quantitative estimate of drug-likeness (QED) is 0.748. The highest BCUT2D eigenvalue weighted by Crippen LogP contribution is 2.29. The highest BCUT2D eigenvalue weighted by molar-refractivity contribution is 7.07. The molecule has 0 spiro atoms. The van der Waals surface area contributed by atoms with E-state index < -0.39 is 0 Å². The van der Waals surface area contributed by atoms with Gasteiger partial charge in [-0.15, -0.1) is 0 Å². The van der Waals surface area contributed by atoms with Crippen molar-refractivity contribution in [1.82, 2.24) is 9.80 Å². The molecule has 5 heteroatoms. The van der Waals surface area contributed by atoms with Gasteiger partial charge in [0.25, 0.3) is 0 Å². The van der Waals surface area contributed by atoms with E-state index in [2.05, 4.69) is 26.6 Å². The topological polar surface area (TPSA) is 36.7 Å². The van der Waals surface area contributed by atoms with Crippen molar-refractivity contribution in [1.29, 1.82) is 0 Å². The van der Waals surface area contributed by atoms with Crippen LogP contribution in [0, 0.1) is 5.92 Å². The summed E-state index contributed by atoms with van der Waals surface area (Å²) >= 11 is 1.72. The van der Waals surface area contributed by atoms with Gasteiger partial charge in [-0.2, -0.15) is 11.3 Å². The van der Waals surface area contributed by atoms with Gasteiger partial charge in [0.15, 0.2) is 0 Å². The van der Waals surface area contributed by atoms with E-state index in [-0.39, 0.29) is 5.92 Å². The van der Waals surface area contributed by atoms with Gasteiger partial charge in [-0.1, -0.05) is 12.8 Å². The number of piperidine rings is 1. The first-order valence-electron chi connectivity index (χ1n) is 9.86. The number of carbonyl (C=O) groups is 1. The van der Waals surface area contributed by atoms with Crippen LogP contribution < -0.4 is 0 Å². The highest BCUT2D eigenvalue weighted by atomic mass is 32.1. The molecule has 1 saturated carbocycles. The normalized spacial score (nSPS) is 21.9. The van der Waals surface area contributed by atoms with Crippen molar-refractivity contribution in [2.45, 2.75) is 57.7 Å². The van der Waals surface area contributed by atoms with Crippen LogP contribution in [0.1, 0.15) is 49.8 Å². The Bertz CT molecular complexity index is 677. The lowest BCUT2D eigenvalue weighted by atomic mass is 9.95. The summed E-state index contributed by atoms with van der Waals surface area (Å²) in [7, 11) is 0. The molecule has 140 valence electrons. The van der Waals surface area contributed by atoms with Crippen LogP contribution in [0.4, 0.5) is 0 Å². The Hall–Kier alpha value is -1.59. The first kappa shape index (κ1) is 17.8. The molecule has 0 aromatic carbocycles. The fourth-order valence-electron chi connectivity index (χ4n) is 4.44. The molecule has 26 heavy (non-hydrogen) atoms. The number of rotatable bonds is 6. The average molecular weight is 373 g/mol. The summed E-state index contributed by atoms with van der Waals surface area (Å²) in [4.78, 5) is 18.0. The lowest BCUT2D eigenvalue weighted by Crippen LogP contribution is -2.47. The largest absolute Gasteiger partial charge is 0.468 e. The summed E-state index contributed by atoms with van der Waals surface area (Å²) in [5.41, 5.74) is 1.28. The Morgan fingerprint density at radius 2 is 2.12 bits per heavy atom. The molecule has 0 radical (unpaired) electrons. The summed E-state index contributed by atoms with van der Waals surface area (Å²) in [5, 5.41) is 4.29. The zero-order valence-corrected chi connectivity index (χ0v) is 16.1. The molecule has 2 aliphatic rings. The van der Waals surface area contributed by atoms with Gasteiger partial charge in [-0.25, -0.2) is 0 Å². The van der Waals surface area contributed by atoms with Crippen LogP contribution in [-0.4, -0.2) is 34.8 Å². The molecule has 1 unspecified atom stereocenters. The lowest BCUT2D eigenvalue weighted by molar-refractivity contribution is -0.140. The third-order valence-electron chi connectivity index (χ3n) is 5.80. The smallest absolute Gasteiger partial charge is 0.227 e. The van der Waals surface area contributed by atoms with E-state index in [1.807, 2.05) is 12.1 Å². The first-order chi connectivity index (χ1) is 12.8. The van der Waals surface area contributed by atoms with E-state index in [9.17, 15) is 4.79 Å². The molecule has 1 atom stereocenters. The third-order valence-corrected chi connectivity index (χ3v) is 6.53. The Morgan fingerprint density at radius 1 is 1.23 bits per heavy atom. The summed E-state index contributed by atoms with van der Waals surface area (Å²) in [6, 6.07) is 6.55. The average Bonchev–Trinajstić information content (AvgIpc) is 3.42. The minimum atomic E-state index is 0.123. The van der Waals surface area contributed by atoms with Crippen LogP contribution in [-0.2, 0) is 17.9 Å². The maximum Gasteiger partial charge on any atom is 0.227 e. The third kappa shape index (κ3) is 4.21. The van der Waals surface area contributed by atoms with Gasteiger partial charge < -0.3 is 9.32 Å². The first-order valence-corrected chi connectivity index (χ1v) is 10.8. The lowest BCUT2D eigenvalue weighted by Gasteiger charge is -2.37. The molecule has 3 heterocycles. The molecule has 2 aromatic rings. The molecule has 4 rings (SSSR count). The Morgan fingerprint density at radius 3 is 2.85 bits per heavy atom. The van der Waals surface area contributed by atoms with Gasteiger partial charge in [0.1, 0.15) is 5.76 Å². The monoisotopic (exact) mass is 372 g/mol. The number of likely N-dealkylation sites (tertiary alicyclic amines) is 1. The number of thiophene rings is 1. The molecule has 2 aromatic heterocycles. The van der Waals surface area contributed by atoms with Crippen LogP contribution in [0.5, 0.6) is 0 Å². The Labute approximate surface area is 159 Å². The molecule has 2 fully saturated rings. The van der Waals surface area contributed by atoms with Crippen LogP contribution in [0.15, 0.2) is 39.6 Å². The summed E-state index contributed by atoms with van der Waals surface area (Å²) in [5.74, 6) is 1.48. The summed E-state index contributed by atoms with van der Waals surface area (Å²) < 4.78 is 5.49. The van der Waals surface area contributed by atoms with Crippen molar-refractivity contribution >= 4 is 17.2 Å². The number of amides is 1. The molecule has 0 N–H and O–H groups in total. The predicted molar refractivity (Wildman–Crippen MR) is 104 cm³/mol. The zero-order valence-electron chi connectivity index (χ0n) is 15.3. The van der Waals surface area contributed by atoms with E-state index >= 15 is 0 Å². The minimum Gasteiger partial charge on any atom is -0.468 e. The predicted octanol–water partition coefficient (Wildman–Crippen LogP) is 4.52. The van der Waals surface area contributed by atoms with E-state index in [0.717, 1.165) is 44.8 Å². The van der Waals surface area contributed by atoms with Crippen LogP contribution >= 0.6 is 11.3 Å². The maximum absolute atomic E-state index is 13.4. The van der Waals surface area contributed by atoms with Crippen LogP contribution in [0.3, 0.4) is 0 Å². The number of furan rings is 1. The number of carbonyl (C=O) groups excluding carboxylic acids is 1. The standard InChI is InChI=1S/C21H28N2O2S/c24-21(18-5-3-10-22(14-18)15-20-8-4-11-25-20)23(19-6-1-2-7-19)13-17-9-12-26-16-17/h4,8-9,11-12,16,18-19H,1-3,5-7,10,13-15H2. The Balaban J connectivity index is 1.43. The SMILES string of the molecule is O=C(C1CCCN(Cc2ccco2)C1)N(Cc1ccsc1)C1CCCC1. The fourth-order valence-corrected chi connectivity index (χ4v) is 5.10. The van der Waals surface area contributed by atoms with E-state index in [1.165, 1.54) is 31.2 Å². The van der Waals surface area contributed by atoms with Crippen LogP contribution in [0.25, 0.3) is 0 Å². The van der Waals surface area contributed by atoms with Crippen molar-refractivity contribution in [2.75, 3.05) is 13.1 Å². The Kier molecular flexibility index (Phi) is 5.75. The molecule has 1 aliphatic carbocycles. The van der Waals surface area contributed by atoms with Crippen molar-refractivity contribution < 1.29 is 9.21 Å². The molecular weight excluding hydrogens is 344 g/mol. The van der Waals surface area contributed by atoms with Gasteiger partial charge in [0.2, 0.25) is 5.91 Å². The van der Waals surface area contributed by atoms with Gasteiger partial charge in [-0.3, -0.25) is 9.69 Å². The summed E-state index contributed by atoms with van der Waals surface area (Å²) in [6.45, 7) is 3.50. The van der Waals surface area contributed by atoms with E-state index in [4.69, 9.17) is 4.42 Å². The number of hydrogen-bond donors (Lipinski definition) is 0. The van der Waals surface area contributed by atoms with E-state index in [0.29, 0.717) is 11.9 Å². The molecule has 1 aliphatic heterocycles. The number of nitrogens with zero attached hydrogens (tertiary/aromatic N) is 2. The molecular formula is C21H28N2O2S. The fraction of sp³-hybridized carbons (Fsp3) is 0.571. The van der Waals surface area contributed by atoms with Crippen molar-refractivity contribution in [2.24, 2.45) is 5.92 Å². The van der Waals surface area contributed by atoms with Gasteiger partial charge in [0, 0.05) is 19.1 Å². The van der Waals surface area contributed by atoms with Gasteiger partial charge in [0.05, 0.1) is 18.7 Å². The second-order valence-electron chi connectivity index (χ2n) is 7.69. The molecule has 0 bridgehead atoms. The molecule has 1 amide bonds. The van der Waals surface area contributed by atoms with Gasteiger partial charge >= 0.3 is 0 Å². The zero-order chi connectivity index (χ0) is 17.8. The van der Waals surface area contributed by atoms with Crippen LogP contribution in [0.2, 0.25) is 0 Å². The van der Waals surface area contributed by atoms with Crippen molar-refractivity contribution in [3.63, 3.8) is 0 Å². The molecule has 1 saturated heterocycles.